The quantitative estimate of drug-likeness (QED) is 0.185. The number of esters is 1. The molecule has 65 heavy (non-hydrogen) atoms. The molecule has 1 spiro atoms. The minimum Gasteiger partial charge on any atom is -0.462 e. The zero-order valence-corrected chi connectivity index (χ0v) is 40.9. The summed E-state index contributed by atoms with van der Waals surface area (Å²) in [4.78, 5) is 16.6. The molecule has 14 heteroatoms. The van der Waals surface area contributed by atoms with Crippen LogP contribution in [0.2, 0.25) is 0 Å². The smallest absolute Gasteiger partial charge is 0.316 e. The molecule has 6 aliphatic heterocycles. The first kappa shape index (κ1) is 50.6. The summed E-state index contributed by atoms with van der Waals surface area (Å²) in [6, 6.07) is 0.109. The SMILES string of the molecule is CC[C@H](C)[C@H]1O[C@]2(C=C[C@@H]1C)C[C@@H]1C[C@@H](C/C=C(\C)[C@@H](O[C@H]3C[C@H](OC)[C@@H](O[C@@H]4C[C@@H](OC)[C@@H](N(C)CC)[C@@H](C)O4)[C@H](C)O3)[C@@H](C)/C=C/C=C3\CO[C@@H]4[C@H](O)C(C)=C[C@@H](C(=O)O1)[C@]34O)O2. The summed E-state index contributed by atoms with van der Waals surface area (Å²) in [5.74, 6) is -2.51. The molecular weight excluding hydrogens is 835 g/mol. The number of hydrogen-bond donors (Lipinski definition) is 2. The van der Waals surface area contributed by atoms with Gasteiger partial charge in [0.25, 0.3) is 0 Å². The molecule has 0 unspecified atom stereocenters. The molecule has 0 saturated carbocycles. The van der Waals surface area contributed by atoms with E-state index in [-0.39, 0.29) is 67.0 Å². The predicted molar refractivity (Wildman–Crippen MR) is 243 cm³/mol. The van der Waals surface area contributed by atoms with Gasteiger partial charge in [-0.3, -0.25) is 9.69 Å². The van der Waals surface area contributed by atoms with Crippen molar-refractivity contribution >= 4 is 5.97 Å². The highest BCUT2D eigenvalue weighted by atomic mass is 16.7. The van der Waals surface area contributed by atoms with Gasteiger partial charge in [-0.15, -0.1) is 0 Å². The molecule has 1 aliphatic carbocycles. The molecule has 366 valence electrons. The first-order chi connectivity index (χ1) is 30.9. The molecule has 0 aromatic rings. The van der Waals surface area contributed by atoms with Gasteiger partial charge in [0.05, 0.1) is 55.4 Å². The van der Waals surface area contributed by atoms with Crippen molar-refractivity contribution in [3.05, 3.63) is 59.3 Å². The number of aliphatic hydroxyl groups excluding tert-OH is 1. The van der Waals surface area contributed by atoms with Crippen LogP contribution in [0.1, 0.15) is 101 Å². The Morgan fingerprint density at radius 2 is 1.62 bits per heavy atom. The second kappa shape index (κ2) is 21.1. The fraction of sp³-hybridized carbons (Fsp3) is 0.784. The van der Waals surface area contributed by atoms with Crippen LogP contribution in [0.3, 0.4) is 0 Å². The molecule has 2 bridgehead atoms. The Kier molecular flexibility index (Phi) is 16.4. The van der Waals surface area contributed by atoms with E-state index in [1.165, 1.54) is 0 Å². The number of hydrogen-bond acceptors (Lipinski definition) is 14. The number of allylic oxidation sites excluding steroid dienone is 2. The third-order valence-electron chi connectivity index (χ3n) is 15.5. The van der Waals surface area contributed by atoms with Crippen LogP contribution in [0.15, 0.2) is 59.3 Å². The Morgan fingerprint density at radius 3 is 2.32 bits per heavy atom. The number of nitrogens with zero attached hydrogens (tertiary/aromatic N) is 1. The predicted octanol–water partition coefficient (Wildman–Crippen LogP) is 6.34. The van der Waals surface area contributed by atoms with Crippen LogP contribution in [0, 0.1) is 23.7 Å². The van der Waals surface area contributed by atoms with Crippen molar-refractivity contribution in [1.82, 2.24) is 4.90 Å². The second-order valence-electron chi connectivity index (χ2n) is 20.0. The number of likely N-dealkylation sites (N-methyl/N-ethyl adjacent to an activating group) is 1. The summed E-state index contributed by atoms with van der Waals surface area (Å²) < 4.78 is 65.1. The minimum atomic E-state index is -1.83. The zero-order chi connectivity index (χ0) is 47.0. The van der Waals surface area contributed by atoms with Gasteiger partial charge in [0.15, 0.2) is 18.4 Å². The van der Waals surface area contributed by atoms with Gasteiger partial charge in [-0.05, 0) is 76.4 Å². The maximum absolute atomic E-state index is 14.4. The average molecular weight is 914 g/mol. The molecule has 7 aliphatic rings. The van der Waals surface area contributed by atoms with Crippen molar-refractivity contribution in [1.29, 1.82) is 0 Å². The number of methoxy groups -OCH3 is 2. The molecule has 4 fully saturated rings. The van der Waals surface area contributed by atoms with Crippen molar-refractivity contribution in [3.63, 3.8) is 0 Å². The van der Waals surface area contributed by atoms with Crippen molar-refractivity contribution in [3.8, 4) is 0 Å². The van der Waals surface area contributed by atoms with Crippen LogP contribution in [0.25, 0.3) is 0 Å². The first-order valence-corrected chi connectivity index (χ1v) is 24.3. The molecule has 4 saturated heterocycles. The summed E-state index contributed by atoms with van der Waals surface area (Å²) in [5.41, 5.74) is 0.183. The Bertz CT molecular complexity index is 1800. The Hall–Kier alpha value is -2.31. The molecule has 20 atom stereocenters. The third kappa shape index (κ3) is 10.5. The number of fused-ring (bicyclic) bond motifs is 2. The van der Waals surface area contributed by atoms with Gasteiger partial charge < -0.3 is 57.6 Å². The van der Waals surface area contributed by atoms with Gasteiger partial charge in [0.1, 0.15) is 35.9 Å². The van der Waals surface area contributed by atoms with Gasteiger partial charge in [-0.1, -0.05) is 77.5 Å². The highest BCUT2D eigenvalue weighted by Crippen LogP contribution is 2.47. The molecule has 0 amide bonds. The van der Waals surface area contributed by atoms with E-state index in [0.717, 1.165) is 18.5 Å². The fourth-order valence-electron chi connectivity index (χ4n) is 11.4. The van der Waals surface area contributed by atoms with Crippen LogP contribution in [-0.2, 0) is 52.2 Å². The van der Waals surface area contributed by atoms with Gasteiger partial charge >= 0.3 is 5.97 Å². The highest BCUT2D eigenvalue weighted by Gasteiger charge is 2.60. The van der Waals surface area contributed by atoms with E-state index in [9.17, 15) is 15.0 Å². The molecule has 2 N–H and O–H groups in total. The summed E-state index contributed by atoms with van der Waals surface area (Å²) in [5, 5.41) is 23.8. The summed E-state index contributed by atoms with van der Waals surface area (Å²) in [7, 11) is 5.53. The van der Waals surface area contributed by atoms with E-state index in [1.54, 1.807) is 33.3 Å². The number of carbonyl (C=O) groups is 1. The van der Waals surface area contributed by atoms with E-state index < -0.39 is 66.4 Å². The van der Waals surface area contributed by atoms with Crippen LogP contribution < -0.4 is 0 Å². The Labute approximate surface area is 387 Å². The maximum atomic E-state index is 14.4. The van der Waals surface area contributed by atoms with E-state index in [0.29, 0.717) is 43.3 Å². The van der Waals surface area contributed by atoms with Crippen LogP contribution in [0.5, 0.6) is 0 Å². The molecule has 14 nitrogen and oxygen atoms in total. The minimum absolute atomic E-state index is 0.0414. The topological polar surface area (TPSA) is 153 Å². The number of rotatable bonds is 10. The molecule has 0 radical (unpaired) electrons. The van der Waals surface area contributed by atoms with Crippen LogP contribution >= 0.6 is 0 Å². The number of ether oxygens (including phenoxy) is 10. The lowest BCUT2D eigenvalue weighted by molar-refractivity contribution is -0.315. The largest absolute Gasteiger partial charge is 0.462 e. The van der Waals surface area contributed by atoms with Crippen LogP contribution in [0.4, 0.5) is 0 Å². The van der Waals surface area contributed by atoms with E-state index in [1.807, 2.05) is 25.2 Å². The average Bonchev–Trinajstić information content (AvgIpc) is 3.62. The molecule has 6 heterocycles. The lowest BCUT2D eigenvalue weighted by atomic mass is 9.71. The second-order valence-corrected chi connectivity index (χ2v) is 20.0. The van der Waals surface area contributed by atoms with Crippen molar-refractivity contribution in [2.45, 2.75) is 198 Å². The molecule has 0 aromatic carbocycles. The lowest BCUT2D eigenvalue weighted by Crippen LogP contribution is -2.58. The molecule has 7 rings (SSSR count). The fourth-order valence-corrected chi connectivity index (χ4v) is 11.4. The van der Waals surface area contributed by atoms with Crippen LogP contribution in [-0.4, -0.2) is 153 Å². The molecule has 0 aromatic heterocycles. The Balaban J connectivity index is 1.16. The standard InChI is InChI=1S/C51H79NO13/c1-13-28(3)46-31(6)20-21-50(65-46)26-37-23-36(64-50)19-18-30(5)45(29(4)16-15-17-35-27-58-48-44(53)32(7)22-38(49(54)61-37)51(35,48)55)62-42-25-40(57-12)47(34(9)60-42)63-41-24-39(56-11)43(33(8)59-41)52(10)14-2/h15-18,20-22,28-29,31,33-34,36-48,53,55H,13-14,19,23-27H2,1-12H3/b16-15+,30-18+,35-17+/t28-,29-,31-,33+,34-,36+,37-,38-,39+,40-,41+,42-,43-,44+,45-,46+,47-,48+,50+,51+/m0/s1. The monoisotopic (exact) mass is 914 g/mol. The van der Waals surface area contributed by atoms with Crippen molar-refractivity contribution < 1.29 is 62.4 Å². The summed E-state index contributed by atoms with van der Waals surface area (Å²) in [6.45, 7) is 19.5. The normalized spacial score (nSPS) is 47.5. The van der Waals surface area contributed by atoms with Gasteiger partial charge in [-0.25, -0.2) is 0 Å². The summed E-state index contributed by atoms with van der Waals surface area (Å²) >= 11 is 0. The molecular formula is C51H79NO13. The Morgan fingerprint density at radius 1 is 0.908 bits per heavy atom. The number of aliphatic hydroxyl groups is 2. The van der Waals surface area contributed by atoms with E-state index in [4.69, 9.17) is 47.4 Å². The third-order valence-corrected chi connectivity index (χ3v) is 15.5. The maximum Gasteiger partial charge on any atom is 0.316 e. The van der Waals surface area contributed by atoms with Crippen molar-refractivity contribution in [2.75, 3.05) is 34.4 Å². The van der Waals surface area contributed by atoms with E-state index >= 15 is 0 Å². The van der Waals surface area contributed by atoms with Crippen molar-refractivity contribution in [2.24, 2.45) is 23.7 Å². The zero-order valence-electron chi connectivity index (χ0n) is 40.9. The highest BCUT2D eigenvalue weighted by molar-refractivity contribution is 5.78. The summed E-state index contributed by atoms with van der Waals surface area (Å²) in [6.07, 6.45) is 10.8. The lowest BCUT2D eigenvalue weighted by Gasteiger charge is -2.48. The van der Waals surface area contributed by atoms with Gasteiger partial charge in [-0.2, -0.15) is 0 Å². The first-order valence-electron chi connectivity index (χ1n) is 24.3. The van der Waals surface area contributed by atoms with E-state index in [2.05, 4.69) is 72.6 Å². The number of carbonyl (C=O) groups excluding carboxylic acids is 1. The van der Waals surface area contributed by atoms with Gasteiger partial charge in [0, 0.05) is 51.7 Å². The van der Waals surface area contributed by atoms with Gasteiger partial charge in [0.2, 0.25) is 0 Å².